The van der Waals surface area contributed by atoms with Crippen LogP contribution in [0.1, 0.15) is 11.3 Å². The Kier molecular flexibility index (Phi) is 3.23. The summed E-state index contributed by atoms with van der Waals surface area (Å²) in [5.74, 6) is 0.253. The van der Waals surface area contributed by atoms with E-state index in [0.29, 0.717) is 0 Å². The summed E-state index contributed by atoms with van der Waals surface area (Å²) in [6.45, 7) is 3.62. The van der Waals surface area contributed by atoms with Gasteiger partial charge in [0, 0.05) is 17.4 Å². The minimum absolute atomic E-state index is 0.0260. The fraction of sp³-hybridized carbons (Fsp3) is 0.154. The molecule has 5 heteroatoms. The summed E-state index contributed by atoms with van der Waals surface area (Å²) < 4.78 is 0. The summed E-state index contributed by atoms with van der Waals surface area (Å²) >= 11 is 0. The van der Waals surface area contributed by atoms with Crippen molar-refractivity contribution in [2.45, 2.75) is 13.8 Å². The smallest absolute Gasteiger partial charge is 0.312 e. The zero-order valence-corrected chi connectivity index (χ0v) is 10.1. The van der Waals surface area contributed by atoms with Crippen molar-refractivity contribution in [3.05, 3.63) is 57.8 Å². The van der Waals surface area contributed by atoms with Gasteiger partial charge < -0.3 is 5.32 Å². The number of nitrogens with one attached hydrogen (secondary N) is 1. The third-order valence-electron chi connectivity index (χ3n) is 2.61. The molecule has 1 N–H and O–H groups in total. The van der Waals surface area contributed by atoms with Gasteiger partial charge in [-0.2, -0.15) is 0 Å². The van der Waals surface area contributed by atoms with E-state index in [1.165, 1.54) is 6.07 Å². The van der Waals surface area contributed by atoms with Gasteiger partial charge in [-0.05, 0) is 37.6 Å². The molecule has 1 radical (unpaired) electrons. The molecular weight excluding hydrogens is 230 g/mol. The van der Waals surface area contributed by atoms with E-state index >= 15 is 0 Å². The lowest BCUT2D eigenvalue weighted by atomic mass is 10.2. The highest BCUT2D eigenvalue weighted by atomic mass is 16.6. The van der Waals surface area contributed by atoms with Gasteiger partial charge in [0.1, 0.15) is 0 Å². The predicted molar refractivity (Wildman–Crippen MR) is 68.9 cm³/mol. The zero-order chi connectivity index (χ0) is 13.1. The Labute approximate surface area is 105 Å². The van der Waals surface area contributed by atoms with E-state index in [0.717, 1.165) is 16.9 Å². The van der Waals surface area contributed by atoms with Crippen molar-refractivity contribution >= 4 is 17.2 Å². The normalized spacial score (nSPS) is 10.1. The highest BCUT2D eigenvalue weighted by Crippen LogP contribution is 2.27. The standard InChI is InChI=1S/C13H12N3O2/c1-9-8-12(16(17)18)13(14-10(9)2)15-11-6-4-3-5-7-11/h3-4,6-8H,1-2H3,(H,14,15). The SMILES string of the molecule is Cc1cc([N+](=O)[O-])c(Nc2c[c]ccc2)nc1C. The van der Waals surface area contributed by atoms with E-state index in [1.54, 1.807) is 31.2 Å². The Morgan fingerprint density at radius 2 is 2.22 bits per heavy atom. The van der Waals surface area contributed by atoms with Crippen LogP contribution in [0.15, 0.2) is 30.3 Å². The van der Waals surface area contributed by atoms with Crippen molar-refractivity contribution < 1.29 is 4.92 Å². The Morgan fingerprint density at radius 3 is 2.83 bits per heavy atom. The number of aryl methyl sites for hydroxylation is 2. The van der Waals surface area contributed by atoms with E-state index in [9.17, 15) is 10.1 Å². The third-order valence-corrected chi connectivity index (χ3v) is 2.61. The van der Waals surface area contributed by atoms with E-state index < -0.39 is 4.92 Å². The molecule has 0 aliphatic carbocycles. The Hall–Kier alpha value is -2.43. The molecule has 0 saturated heterocycles. The van der Waals surface area contributed by atoms with Crippen LogP contribution in [0, 0.1) is 30.0 Å². The first-order valence-corrected chi connectivity index (χ1v) is 5.43. The summed E-state index contributed by atoms with van der Waals surface area (Å²) in [6.07, 6.45) is 0. The van der Waals surface area contributed by atoms with Gasteiger partial charge in [-0.3, -0.25) is 10.1 Å². The number of nitro groups is 1. The van der Waals surface area contributed by atoms with Crippen LogP contribution in [0.2, 0.25) is 0 Å². The highest BCUT2D eigenvalue weighted by molar-refractivity contribution is 5.66. The summed E-state index contributed by atoms with van der Waals surface area (Å²) in [6, 6.07) is 11.5. The number of rotatable bonds is 3. The van der Waals surface area contributed by atoms with Gasteiger partial charge >= 0.3 is 5.69 Å². The van der Waals surface area contributed by atoms with Crippen LogP contribution in [0.25, 0.3) is 0 Å². The zero-order valence-electron chi connectivity index (χ0n) is 10.1. The van der Waals surface area contributed by atoms with E-state index in [1.807, 2.05) is 6.92 Å². The average molecular weight is 242 g/mol. The molecule has 18 heavy (non-hydrogen) atoms. The molecule has 91 valence electrons. The molecule has 5 nitrogen and oxygen atoms in total. The van der Waals surface area contributed by atoms with Crippen LogP contribution in [0.5, 0.6) is 0 Å². The molecule has 0 bridgehead atoms. The topological polar surface area (TPSA) is 68.1 Å². The molecule has 1 aromatic heterocycles. The number of benzene rings is 1. The van der Waals surface area contributed by atoms with Crippen molar-refractivity contribution in [3.63, 3.8) is 0 Å². The van der Waals surface area contributed by atoms with Crippen LogP contribution in [-0.4, -0.2) is 9.91 Å². The third kappa shape index (κ3) is 2.45. The molecule has 1 heterocycles. The number of hydrogen-bond acceptors (Lipinski definition) is 4. The van der Waals surface area contributed by atoms with Gasteiger partial charge in [-0.25, -0.2) is 4.98 Å². The summed E-state index contributed by atoms with van der Waals surface area (Å²) in [4.78, 5) is 14.8. The maximum atomic E-state index is 11.0. The largest absolute Gasteiger partial charge is 0.334 e. The minimum atomic E-state index is -0.436. The molecule has 0 aliphatic heterocycles. The van der Waals surface area contributed by atoms with Gasteiger partial charge in [0.15, 0.2) is 0 Å². The monoisotopic (exact) mass is 242 g/mol. The molecule has 0 atom stereocenters. The number of nitrogens with zero attached hydrogens (tertiary/aromatic N) is 2. The lowest BCUT2D eigenvalue weighted by molar-refractivity contribution is -0.384. The molecular formula is C13H12N3O2. The molecule has 1 aromatic carbocycles. The molecule has 0 spiro atoms. The summed E-state index contributed by atoms with van der Waals surface area (Å²) in [5.41, 5.74) is 2.26. The molecule has 2 aromatic rings. The van der Waals surface area contributed by atoms with E-state index in [2.05, 4.69) is 16.4 Å². The predicted octanol–water partition coefficient (Wildman–Crippen LogP) is 3.15. The van der Waals surface area contributed by atoms with E-state index in [-0.39, 0.29) is 11.5 Å². The van der Waals surface area contributed by atoms with Gasteiger partial charge in [0.05, 0.1) is 4.92 Å². The molecule has 0 amide bonds. The fourth-order valence-corrected chi connectivity index (χ4v) is 1.53. The fourth-order valence-electron chi connectivity index (χ4n) is 1.53. The second-order valence-electron chi connectivity index (χ2n) is 3.93. The Morgan fingerprint density at radius 1 is 1.44 bits per heavy atom. The highest BCUT2D eigenvalue weighted by Gasteiger charge is 2.17. The first-order chi connectivity index (χ1) is 8.58. The Bertz CT molecular complexity index is 582. The van der Waals surface area contributed by atoms with Crippen molar-refractivity contribution in [1.82, 2.24) is 4.98 Å². The molecule has 0 saturated carbocycles. The minimum Gasteiger partial charge on any atom is -0.334 e. The summed E-state index contributed by atoms with van der Waals surface area (Å²) in [7, 11) is 0. The second-order valence-corrected chi connectivity index (χ2v) is 3.93. The van der Waals surface area contributed by atoms with Crippen LogP contribution < -0.4 is 5.32 Å². The van der Waals surface area contributed by atoms with Crippen LogP contribution in [0.3, 0.4) is 0 Å². The number of aromatic nitrogens is 1. The van der Waals surface area contributed by atoms with Crippen molar-refractivity contribution in [2.24, 2.45) is 0 Å². The van der Waals surface area contributed by atoms with Gasteiger partial charge in [0.2, 0.25) is 5.82 Å². The van der Waals surface area contributed by atoms with Gasteiger partial charge in [-0.1, -0.05) is 12.1 Å². The van der Waals surface area contributed by atoms with Crippen LogP contribution in [-0.2, 0) is 0 Å². The number of hydrogen-bond donors (Lipinski definition) is 1. The quantitative estimate of drug-likeness (QED) is 0.663. The lowest BCUT2D eigenvalue weighted by Gasteiger charge is -2.08. The van der Waals surface area contributed by atoms with Crippen molar-refractivity contribution in [2.75, 3.05) is 5.32 Å². The molecule has 0 aliphatic rings. The lowest BCUT2D eigenvalue weighted by Crippen LogP contribution is -2.02. The van der Waals surface area contributed by atoms with E-state index in [4.69, 9.17) is 0 Å². The summed E-state index contributed by atoms with van der Waals surface area (Å²) in [5, 5.41) is 13.9. The first-order valence-electron chi connectivity index (χ1n) is 5.43. The number of anilines is 2. The molecule has 0 unspecified atom stereocenters. The number of pyridine rings is 1. The first kappa shape index (κ1) is 12.0. The van der Waals surface area contributed by atoms with Crippen LogP contribution >= 0.6 is 0 Å². The maximum Gasteiger partial charge on any atom is 0.312 e. The maximum absolute atomic E-state index is 11.0. The van der Waals surface area contributed by atoms with Crippen LogP contribution in [0.4, 0.5) is 17.2 Å². The van der Waals surface area contributed by atoms with Crippen molar-refractivity contribution in [1.29, 1.82) is 0 Å². The van der Waals surface area contributed by atoms with Crippen molar-refractivity contribution in [3.8, 4) is 0 Å². The Balaban J connectivity index is 2.43. The molecule has 0 fully saturated rings. The molecule has 2 rings (SSSR count). The second kappa shape index (κ2) is 4.83. The van der Waals surface area contributed by atoms with Gasteiger partial charge in [0.25, 0.3) is 0 Å². The van der Waals surface area contributed by atoms with Gasteiger partial charge in [-0.15, -0.1) is 0 Å². The average Bonchev–Trinajstić information content (AvgIpc) is 2.34.